The minimum Gasteiger partial charge on any atom is -0.316 e. The third kappa shape index (κ3) is 2.57. The first-order chi connectivity index (χ1) is 5.65. The molecule has 0 atom stereocenters. The molecule has 0 aliphatic heterocycles. The van der Waals surface area contributed by atoms with Crippen LogP contribution in [-0.2, 0) is 3.07 Å². The molecular formula is C9H18INO. The Morgan fingerprint density at radius 1 is 1.50 bits per heavy atom. The minimum atomic E-state index is 0.677. The predicted octanol–water partition coefficient (Wildman–Crippen LogP) is 2.47. The molecule has 0 saturated heterocycles. The Kier molecular flexibility index (Phi) is 4.26. The lowest BCUT2D eigenvalue weighted by Crippen LogP contribution is -2.46. The van der Waals surface area contributed by atoms with Gasteiger partial charge in [0.15, 0.2) is 0 Å². The number of nitrogens with zero attached hydrogens (tertiary/aromatic N) is 1. The van der Waals surface area contributed by atoms with Crippen molar-refractivity contribution in [1.29, 1.82) is 0 Å². The second-order valence-corrected chi connectivity index (χ2v) is 4.65. The summed E-state index contributed by atoms with van der Waals surface area (Å²) in [6.45, 7) is 5.44. The highest BCUT2D eigenvalue weighted by molar-refractivity contribution is 14.1. The van der Waals surface area contributed by atoms with Crippen LogP contribution in [-0.4, -0.2) is 30.6 Å². The maximum atomic E-state index is 5.09. The quantitative estimate of drug-likeness (QED) is 0.735. The third-order valence-electron chi connectivity index (χ3n) is 2.90. The van der Waals surface area contributed by atoms with E-state index in [9.17, 15) is 0 Å². The monoisotopic (exact) mass is 283 g/mol. The zero-order valence-corrected chi connectivity index (χ0v) is 10.2. The van der Waals surface area contributed by atoms with E-state index in [1.807, 2.05) is 23.0 Å². The fourth-order valence-electron chi connectivity index (χ4n) is 1.68. The van der Waals surface area contributed by atoms with Gasteiger partial charge in [0.05, 0.1) is 6.61 Å². The van der Waals surface area contributed by atoms with Crippen molar-refractivity contribution in [2.45, 2.75) is 38.8 Å². The Morgan fingerprint density at radius 2 is 2.08 bits per heavy atom. The zero-order valence-electron chi connectivity index (χ0n) is 8.09. The van der Waals surface area contributed by atoms with Crippen molar-refractivity contribution >= 4 is 23.0 Å². The SMILES string of the molecule is CC(C)N(C)C1CC(COI)C1. The van der Waals surface area contributed by atoms with Crippen molar-refractivity contribution in [2.24, 2.45) is 5.92 Å². The van der Waals surface area contributed by atoms with Gasteiger partial charge in [0.25, 0.3) is 0 Å². The van der Waals surface area contributed by atoms with Gasteiger partial charge in [-0.05, 0) is 39.7 Å². The number of hydrogen-bond acceptors (Lipinski definition) is 2. The maximum Gasteiger partial charge on any atom is 0.109 e. The van der Waals surface area contributed by atoms with Gasteiger partial charge in [0.2, 0.25) is 0 Å². The van der Waals surface area contributed by atoms with Crippen LogP contribution in [0.2, 0.25) is 0 Å². The molecule has 72 valence electrons. The van der Waals surface area contributed by atoms with Gasteiger partial charge in [0.1, 0.15) is 23.0 Å². The summed E-state index contributed by atoms with van der Waals surface area (Å²) < 4.78 is 5.09. The summed E-state index contributed by atoms with van der Waals surface area (Å²) >= 11 is 1.98. The van der Waals surface area contributed by atoms with E-state index in [4.69, 9.17) is 3.07 Å². The molecular weight excluding hydrogens is 265 g/mol. The average molecular weight is 283 g/mol. The molecule has 0 spiro atoms. The van der Waals surface area contributed by atoms with Gasteiger partial charge in [-0.3, -0.25) is 0 Å². The van der Waals surface area contributed by atoms with Crippen molar-refractivity contribution < 1.29 is 3.07 Å². The molecule has 0 bridgehead atoms. The van der Waals surface area contributed by atoms with Crippen molar-refractivity contribution in [3.05, 3.63) is 0 Å². The van der Waals surface area contributed by atoms with E-state index in [0.717, 1.165) is 18.6 Å². The minimum absolute atomic E-state index is 0.677. The third-order valence-corrected chi connectivity index (χ3v) is 3.26. The summed E-state index contributed by atoms with van der Waals surface area (Å²) in [5, 5.41) is 0. The van der Waals surface area contributed by atoms with E-state index in [0.29, 0.717) is 6.04 Å². The maximum absolute atomic E-state index is 5.09. The largest absolute Gasteiger partial charge is 0.316 e. The van der Waals surface area contributed by atoms with Crippen LogP contribution in [0.4, 0.5) is 0 Å². The van der Waals surface area contributed by atoms with Gasteiger partial charge in [-0.2, -0.15) is 0 Å². The number of halogens is 1. The molecule has 0 aromatic heterocycles. The van der Waals surface area contributed by atoms with E-state index in [-0.39, 0.29) is 0 Å². The van der Waals surface area contributed by atoms with Crippen LogP contribution in [0.3, 0.4) is 0 Å². The summed E-state index contributed by atoms with van der Waals surface area (Å²) in [6, 6.07) is 1.48. The van der Waals surface area contributed by atoms with Gasteiger partial charge >= 0.3 is 0 Å². The van der Waals surface area contributed by atoms with E-state index in [1.165, 1.54) is 12.8 Å². The lowest BCUT2D eigenvalue weighted by Gasteiger charge is -2.42. The molecule has 1 saturated carbocycles. The van der Waals surface area contributed by atoms with Crippen LogP contribution in [0.1, 0.15) is 26.7 Å². The lowest BCUT2D eigenvalue weighted by molar-refractivity contribution is 0.0598. The Hall–Kier alpha value is 0.650. The number of rotatable bonds is 4. The van der Waals surface area contributed by atoms with Crippen LogP contribution < -0.4 is 0 Å². The highest BCUT2D eigenvalue weighted by Crippen LogP contribution is 2.32. The second kappa shape index (κ2) is 4.77. The topological polar surface area (TPSA) is 12.5 Å². The summed E-state index contributed by atoms with van der Waals surface area (Å²) in [6.07, 6.45) is 2.63. The van der Waals surface area contributed by atoms with Crippen LogP contribution in [0.15, 0.2) is 0 Å². The molecule has 0 amide bonds. The van der Waals surface area contributed by atoms with Crippen LogP contribution in [0.25, 0.3) is 0 Å². The second-order valence-electron chi connectivity index (χ2n) is 4.03. The molecule has 1 fully saturated rings. The van der Waals surface area contributed by atoms with E-state index < -0.39 is 0 Å². The van der Waals surface area contributed by atoms with Gasteiger partial charge < -0.3 is 7.97 Å². The van der Waals surface area contributed by atoms with Crippen LogP contribution in [0, 0.1) is 5.92 Å². The van der Waals surface area contributed by atoms with Crippen LogP contribution >= 0.6 is 23.0 Å². The van der Waals surface area contributed by atoms with Crippen molar-refractivity contribution in [3.8, 4) is 0 Å². The first kappa shape index (κ1) is 10.7. The lowest BCUT2D eigenvalue weighted by atomic mass is 9.80. The summed E-state index contributed by atoms with van der Waals surface area (Å²) in [5.41, 5.74) is 0. The molecule has 0 heterocycles. The van der Waals surface area contributed by atoms with E-state index in [1.54, 1.807) is 0 Å². The Balaban J connectivity index is 2.16. The average Bonchev–Trinajstić information content (AvgIpc) is 1.94. The van der Waals surface area contributed by atoms with Crippen molar-refractivity contribution in [2.75, 3.05) is 13.7 Å². The summed E-state index contributed by atoms with van der Waals surface area (Å²) in [7, 11) is 2.22. The normalized spacial score (nSPS) is 29.5. The van der Waals surface area contributed by atoms with Gasteiger partial charge in [-0.15, -0.1) is 0 Å². The molecule has 0 N–H and O–H groups in total. The van der Waals surface area contributed by atoms with Crippen molar-refractivity contribution in [1.82, 2.24) is 4.90 Å². The highest BCUT2D eigenvalue weighted by atomic mass is 127. The first-order valence-electron chi connectivity index (χ1n) is 4.60. The number of hydrogen-bond donors (Lipinski definition) is 0. The molecule has 12 heavy (non-hydrogen) atoms. The molecule has 0 radical (unpaired) electrons. The van der Waals surface area contributed by atoms with E-state index >= 15 is 0 Å². The summed E-state index contributed by atoms with van der Waals surface area (Å²) in [5.74, 6) is 0.813. The Labute approximate surface area is 89.3 Å². The molecule has 2 nitrogen and oxygen atoms in total. The Morgan fingerprint density at radius 3 is 2.50 bits per heavy atom. The highest BCUT2D eigenvalue weighted by Gasteiger charge is 2.32. The van der Waals surface area contributed by atoms with Gasteiger partial charge in [-0.1, -0.05) is 0 Å². The fraction of sp³-hybridized carbons (Fsp3) is 1.00. The molecule has 3 heteroatoms. The first-order valence-corrected chi connectivity index (χ1v) is 5.48. The van der Waals surface area contributed by atoms with E-state index in [2.05, 4.69) is 25.8 Å². The van der Waals surface area contributed by atoms with Crippen LogP contribution in [0.5, 0.6) is 0 Å². The molecule has 1 aliphatic rings. The zero-order chi connectivity index (χ0) is 9.14. The molecule has 1 rings (SSSR count). The molecule has 0 aromatic carbocycles. The van der Waals surface area contributed by atoms with Gasteiger partial charge in [-0.25, -0.2) is 0 Å². The Bertz CT molecular complexity index is 134. The molecule has 0 aromatic rings. The smallest absolute Gasteiger partial charge is 0.109 e. The van der Waals surface area contributed by atoms with Gasteiger partial charge in [0, 0.05) is 12.1 Å². The molecule has 1 aliphatic carbocycles. The van der Waals surface area contributed by atoms with Crippen molar-refractivity contribution in [3.63, 3.8) is 0 Å². The summed E-state index contributed by atoms with van der Waals surface area (Å²) in [4.78, 5) is 2.46. The molecule has 0 unspecified atom stereocenters. The predicted molar refractivity (Wildman–Crippen MR) is 59.4 cm³/mol. The fourth-order valence-corrected chi connectivity index (χ4v) is 2.19. The standard InChI is InChI=1S/C9H18INO/c1-7(2)11(3)9-4-8(5-9)6-12-10/h7-9H,4-6H2,1-3H3.